The zero-order valence-electron chi connectivity index (χ0n) is 16.8. The van der Waals surface area contributed by atoms with Crippen LogP contribution in [0.4, 0.5) is 0 Å². The number of amides is 1. The minimum absolute atomic E-state index is 0.183. The van der Waals surface area contributed by atoms with Crippen molar-refractivity contribution in [2.75, 3.05) is 12.0 Å². The average molecular weight is 428 g/mol. The topological polar surface area (TPSA) is 113 Å². The number of nitrogens with one attached hydrogen (secondary N) is 1. The van der Waals surface area contributed by atoms with Gasteiger partial charge in [0.2, 0.25) is 5.91 Å². The minimum Gasteiger partial charge on any atom is -0.548 e. The van der Waals surface area contributed by atoms with Crippen molar-refractivity contribution in [2.24, 2.45) is 0 Å². The van der Waals surface area contributed by atoms with Crippen LogP contribution >= 0.6 is 11.8 Å². The van der Waals surface area contributed by atoms with Crippen molar-refractivity contribution in [2.45, 2.75) is 45.1 Å². The minimum atomic E-state index is -1.35. The smallest absolute Gasteiger partial charge is 0.340 e. The summed E-state index contributed by atoms with van der Waals surface area (Å²) in [5, 5.41) is 15.4. The highest BCUT2D eigenvalue weighted by Gasteiger charge is 2.22. The van der Waals surface area contributed by atoms with Crippen molar-refractivity contribution >= 4 is 45.6 Å². The Morgan fingerprint density at radius 2 is 1.90 bits per heavy atom. The second kappa shape index (κ2) is 8.18. The molecule has 4 rings (SSSR count). The van der Waals surface area contributed by atoms with Crippen LogP contribution in [0.2, 0.25) is 0 Å². The zero-order valence-corrected chi connectivity index (χ0v) is 17.6. The molecule has 1 aromatic carbocycles. The quantitative estimate of drug-likeness (QED) is 0.596. The van der Waals surface area contributed by atoms with Crippen LogP contribution < -0.4 is 16.0 Å². The Kier molecular flexibility index (Phi) is 5.60. The number of carbonyl (C=O) groups is 2. The number of carboxylic acids is 1. The summed E-state index contributed by atoms with van der Waals surface area (Å²) in [6.45, 7) is 1.78. The van der Waals surface area contributed by atoms with Crippen molar-refractivity contribution in [3.05, 3.63) is 45.0 Å². The van der Waals surface area contributed by atoms with E-state index in [2.05, 4.69) is 5.32 Å². The maximum atomic E-state index is 12.6. The molecule has 2 heterocycles. The Hall–Kier alpha value is -2.74. The van der Waals surface area contributed by atoms with Gasteiger partial charge in [0.1, 0.15) is 16.9 Å². The fraction of sp³-hybridized carbons (Fsp3) is 0.409. The molecule has 8 heteroatoms. The third-order valence-corrected chi connectivity index (χ3v) is 6.32. The Morgan fingerprint density at radius 1 is 1.17 bits per heavy atom. The summed E-state index contributed by atoms with van der Waals surface area (Å²) in [6.07, 6.45) is 5.55. The Labute approximate surface area is 176 Å². The highest BCUT2D eigenvalue weighted by Crippen LogP contribution is 2.35. The van der Waals surface area contributed by atoms with Crippen LogP contribution in [0.3, 0.4) is 0 Å². The Balaban J connectivity index is 1.72. The molecule has 0 saturated heterocycles. The first kappa shape index (κ1) is 20.5. The van der Waals surface area contributed by atoms with Crippen LogP contribution in [0.15, 0.2) is 25.8 Å². The predicted molar refractivity (Wildman–Crippen MR) is 113 cm³/mol. The summed E-state index contributed by atoms with van der Waals surface area (Å²) in [5.74, 6) is -0.738. The van der Waals surface area contributed by atoms with E-state index in [1.54, 1.807) is 19.2 Å². The van der Waals surface area contributed by atoms with E-state index in [0.29, 0.717) is 16.7 Å². The maximum absolute atomic E-state index is 12.6. The fourth-order valence-corrected chi connectivity index (χ4v) is 4.64. The summed E-state index contributed by atoms with van der Waals surface area (Å²) in [5.41, 5.74) is 2.58. The zero-order chi connectivity index (χ0) is 21.4. The molecule has 7 nitrogen and oxygen atoms in total. The third kappa shape index (κ3) is 3.71. The van der Waals surface area contributed by atoms with Gasteiger partial charge in [0, 0.05) is 34.6 Å². The van der Waals surface area contributed by atoms with Gasteiger partial charge in [-0.1, -0.05) is 0 Å². The van der Waals surface area contributed by atoms with Crippen molar-refractivity contribution in [1.82, 2.24) is 5.32 Å². The van der Waals surface area contributed by atoms with Gasteiger partial charge >= 0.3 is 5.63 Å². The van der Waals surface area contributed by atoms with Crippen LogP contribution in [0.25, 0.3) is 21.9 Å². The molecular formula is C22H22NO6S-. The third-order valence-electron chi connectivity index (χ3n) is 5.65. The number of aryl methyl sites for hydroxylation is 3. The summed E-state index contributed by atoms with van der Waals surface area (Å²) in [7, 11) is 0. The van der Waals surface area contributed by atoms with Gasteiger partial charge in [-0.05, 0) is 44.1 Å². The number of thioether (sulfide) groups is 1. The number of rotatable bonds is 6. The van der Waals surface area contributed by atoms with Gasteiger partial charge in [-0.15, -0.1) is 0 Å². The molecule has 30 heavy (non-hydrogen) atoms. The highest BCUT2D eigenvalue weighted by atomic mass is 32.2. The van der Waals surface area contributed by atoms with E-state index in [9.17, 15) is 19.5 Å². The van der Waals surface area contributed by atoms with Gasteiger partial charge in [0.15, 0.2) is 0 Å². The molecular weight excluding hydrogens is 406 g/mol. The first-order chi connectivity index (χ1) is 14.4. The Bertz CT molecular complexity index is 1210. The lowest BCUT2D eigenvalue weighted by Gasteiger charge is -2.18. The number of carbonyl (C=O) groups excluding carboxylic acids is 2. The van der Waals surface area contributed by atoms with E-state index in [1.165, 1.54) is 17.3 Å². The van der Waals surface area contributed by atoms with Crippen molar-refractivity contribution in [3.63, 3.8) is 0 Å². The predicted octanol–water partition coefficient (Wildman–Crippen LogP) is 1.87. The van der Waals surface area contributed by atoms with Crippen molar-refractivity contribution in [1.29, 1.82) is 0 Å². The molecule has 0 radical (unpaired) electrons. The molecule has 2 aromatic heterocycles. The van der Waals surface area contributed by atoms with Gasteiger partial charge in [-0.25, -0.2) is 4.79 Å². The second-order valence-corrected chi connectivity index (χ2v) is 8.53. The number of hydrogen-bond donors (Lipinski definition) is 1. The van der Waals surface area contributed by atoms with E-state index in [0.717, 1.165) is 42.2 Å². The van der Waals surface area contributed by atoms with Crippen LogP contribution in [-0.2, 0) is 28.9 Å². The molecule has 0 unspecified atom stereocenters. The molecule has 0 spiro atoms. The van der Waals surface area contributed by atoms with Crippen LogP contribution in [-0.4, -0.2) is 29.9 Å². The lowest BCUT2D eigenvalue weighted by atomic mass is 9.94. The first-order valence-corrected chi connectivity index (χ1v) is 11.3. The number of benzene rings is 1. The van der Waals surface area contributed by atoms with E-state index in [1.807, 2.05) is 6.07 Å². The molecule has 0 fully saturated rings. The molecule has 1 aliphatic rings. The largest absolute Gasteiger partial charge is 0.548 e. The number of aliphatic carboxylic acids is 1. The molecule has 0 bridgehead atoms. The van der Waals surface area contributed by atoms with Gasteiger partial charge in [-0.3, -0.25) is 4.79 Å². The van der Waals surface area contributed by atoms with Gasteiger partial charge in [0.25, 0.3) is 0 Å². The standard InChI is InChI=1S/C22H23NO6S/c1-11-13-7-15-12-5-3-4-6-17(12)28-19(15)9-18(13)29-22(27)14(11)8-20(24)23-16(10-30-2)21(25)26/h7,9,16H,3-6,8,10H2,1-2H3,(H,23,24)(H,25,26)/p-1/t16-/m0/s1. The van der Waals surface area contributed by atoms with E-state index >= 15 is 0 Å². The van der Waals surface area contributed by atoms with Crippen molar-refractivity contribution in [3.8, 4) is 0 Å². The molecule has 158 valence electrons. The second-order valence-electron chi connectivity index (χ2n) is 7.62. The van der Waals surface area contributed by atoms with Crippen LogP contribution in [0.5, 0.6) is 0 Å². The van der Waals surface area contributed by atoms with Crippen LogP contribution in [0.1, 0.15) is 35.3 Å². The average Bonchev–Trinajstić information content (AvgIpc) is 3.07. The number of fused-ring (bicyclic) bond motifs is 4. The lowest BCUT2D eigenvalue weighted by molar-refractivity contribution is -0.307. The molecule has 1 aliphatic carbocycles. The van der Waals surface area contributed by atoms with Gasteiger partial charge in [0.05, 0.1) is 24.0 Å². The van der Waals surface area contributed by atoms with Gasteiger partial charge in [-0.2, -0.15) is 11.8 Å². The summed E-state index contributed by atoms with van der Waals surface area (Å²) >= 11 is 1.28. The monoisotopic (exact) mass is 428 g/mol. The molecule has 3 aromatic rings. The number of furan rings is 1. The summed E-state index contributed by atoms with van der Waals surface area (Å²) < 4.78 is 11.5. The van der Waals surface area contributed by atoms with Crippen molar-refractivity contribution < 1.29 is 23.5 Å². The van der Waals surface area contributed by atoms with E-state index in [-0.39, 0.29) is 17.7 Å². The maximum Gasteiger partial charge on any atom is 0.340 e. The fourth-order valence-electron chi connectivity index (χ4n) is 4.09. The number of carboxylic acid groups (broad SMARTS) is 1. The number of hydrogen-bond acceptors (Lipinski definition) is 7. The first-order valence-electron chi connectivity index (χ1n) is 9.88. The van der Waals surface area contributed by atoms with E-state index < -0.39 is 23.5 Å². The lowest BCUT2D eigenvalue weighted by Crippen LogP contribution is -2.50. The molecule has 1 atom stereocenters. The molecule has 0 aliphatic heterocycles. The molecule has 0 saturated carbocycles. The molecule has 1 amide bonds. The molecule has 1 N–H and O–H groups in total. The SMILES string of the molecule is CSC[C@H](NC(=O)Cc1c(C)c2cc3c4c(oc3cc2oc1=O)CCCC4)C(=O)[O-]. The van der Waals surface area contributed by atoms with Gasteiger partial charge < -0.3 is 24.1 Å². The highest BCUT2D eigenvalue weighted by molar-refractivity contribution is 7.98. The normalized spacial score (nSPS) is 14.6. The summed E-state index contributed by atoms with van der Waals surface area (Å²) in [4.78, 5) is 36.1. The van der Waals surface area contributed by atoms with Crippen LogP contribution in [0, 0.1) is 6.92 Å². The Morgan fingerprint density at radius 3 is 2.63 bits per heavy atom. The summed E-state index contributed by atoms with van der Waals surface area (Å²) in [6, 6.07) is 2.60. The van der Waals surface area contributed by atoms with E-state index in [4.69, 9.17) is 8.83 Å².